The van der Waals surface area contributed by atoms with Crippen molar-refractivity contribution < 1.29 is 24.2 Å². The minimum Gasteiger partial charge on any atom is -0.508 e. The molecule has 1 heterocycles. The van der Waals surface area contributed by atoms with Gasteiger partial charge in [0, 0.05) is 32.7 Å². The number of piperazine rings is 1. The van der Waals surface area contributed by atoms with Crippen molar-refractivity contribution in [2.75, 3.05) is 45.9 Å². The van der Waals surface area contributed by atoms with Gasteiger partial charge in [0.1, 0.15) is 18.1 Å². The van der Waals surface area contributed by atoms with Gasteiger partial charge in [-0.3, -0.25) is 9.69 Å². The number of ether oxygens (including phenoxy) is 2. The van der Waals surface area contributed by atoms with Gasteiger partial charge >= 0.3 is 5.97 Å². The van der Waals surface area contributed by atoms with Crippen molar-refractivity contribution in [3.8, 4) is 22.6 Å². The Hall–Kier alpha value is -3.84. The lowest BCUT2D eigenvalue weighted by Gasteiger charge is -2.34. The summed E-state index contributed by atoms with van der Waals surface area (Å²) in [5.74, 6) is 0.344. The highest BCUT2D eigenvalue weighted by atomic mass is 16.5. The maximum Gasteiger partial charge on any atom is 0.338 e. The Kier molecular flexibility index (Phi) is 7.78. The summed E-state index contributed by atoms with van der Waals surface area (Å²) in [6.07, 6.45) is 0. The number of carbonyl (C=O) groups is 2. The maximum atomic E-state index is 12.5. The number of para-hydroxylation sites is 1. The van der Waals surface area contributed by atoms with Gasteiger partial charge in [-0.2, -0.15) is 0 Å². The molecule has 176 valence electrons. The number of hydrogen-bond donors (Lipinski definition) is 1. The zero-order chi connectivity index (χ0) is 23.8. The standard InChI is InChI=1S/C27H28N2O5/c30-24-12-10-22(11-13-24)21-6-8-23(9-7-21)27(32)34-20-26(31)29-16-14-28(15-17-29)18-19-33-25-4-2-1-3-5-25/h1-13,30H,14-20H2. The van der Waals surface area contributed by atoms with Gasteiger partial charge in [-0.25, -0.2) is 4.79 Å². The smallest absolute Gasteiger partial charge is 0.338 e. The molecule has 34 heavy (non-hydrogen) atoms. The molecule has 7 nitrogen and oxygen atoms in total. The Morgan fingerprint density at radius 1 is 0.794 bits per heavy atom. The summed E-state index contributed by atoms with van der Waals surface area (Å²) in [6.45, 7) is 3.85. The quantitative estimate of drug-likeness (QED) is 0.519. The van der Waals surface area contributed by atoms with E-state index in [9.17, 15) is 14.7 Å². The second-order valence-corrected chi connectivity index (χ2v) is 8.08. The van der Waals surface area contributed by atoms with Gasteiger partial charge in [0.05, 0.1) is 5.56 Å². The van der Waals surface area contributed by atoms with Crippen molar-refractivity contribution in [1.29, 1.82) is 0 Å². The SMILES string of the molecule is O=C(OCC(=O)N1CCN(CCOc2ccccc2)CC1)c1ccc(-c2ccc(O)cc2)cc1. The van der Waals surface area contributed by atoms with Crippen LogP contribution in [0.5, 0.6) is 11.5 Å². The van der Waals surface area contributed by atoms with Crippen LogP contribution in [0.2, 0.25) is 0 Å². The van der Waals surface area contributed by atoms with Crippen LogP contribution in [0.15, 0.2) is 78.9 Å². The van der Waals surface area contributed by atoms with E-state index < -0.39 is 5.97 Å². The van der Waals surface area contributed by atoms with E-state index in [0.29, 0.717) is 25.3 Å². The summed E-state index contributed by atoms with van der Waals surface area (Å²) in [7, 11) is 0. The van der Waals surface area contributed by atoms with E-state index in [4.69, 9.17) is 9.47 Å². The largest absolute Gasteiger partial charge is 0.508 e. The number of nitrogens with zero attached hydrogens (tertiary/aromatic N) is 2. The molecule has 0 aliphatic carbocycles. The minimum atomic E-state index is -0.526. The van der Waals surface area contributed by atoms with Gasteiger partial charge in [-0.15, -0.1) is 0 Å². The fourth-order valence-electron chi connectivity index (χ4n) is 3.78. The van der Waals surface area contributed by atoms with Crippen molar-refractivity contribution in [2.24, 2.45) is 0 Å². The molecule has 1 fully saturated rings. The predicted molar refractivity (Wildman–Crippen MR) is 129 cm³/mol. The van der Waals surface area contributed by atoms with Crippen LogP contribution in [0, 0.1) is 0 Å². The van der Waals surface area contributed by atoms with Gasteiger partial charge in [-0.1, -0.05) is 42.5 Å². The highest BCUT2D eigenvalue weighted by Crippen LogP contribution is 2.22. The summed E-state index contributed by atoms with van der Waals surface area (Å²) in [6, 6.07) is 23.5. The number of amides is 1. The van der Waals surface area contributed by atoms with Crippen molar-refractivity contribution in [2.45, 2.75) is 0 Å². The summed E-state index contributed by atoms with van der Waals surface area (Å²) >= 11 is 0. The zero-order valence-electron chi connectivity index (χ0n) is 18.9. The van der Waals surface area contributed by atoms with E-state index in [1.54, 1.807) is 41.3 Å². The van der Waals surface area contributed by atoms with E-state index in [0.717, 1.165) is 36.5 Å². The van der Waals surface area contributed by atoms with Crippen LogP contribution >= 0.6 is 0 Å². The third-order valence-corrected chi connectivity index (χ3v) is 5.79. The number of phenolic OH excluding ortho intramolecular Hbond substituents is 1. The third kappa shape index (κ3) is 6.36. The Morgan fingerprint density at radius 3 is 2.06 bits per heavy atom. The summed E-state index contributed by atoms with van der Waals surface area (Å²) in [5.41, 5.74) is 2.23. The first-order chi connectivity index (χ1) is 16.6. The Bertz CT molecular complexity index is 1080. The van der Waals surface area contributed by atoms with E-state index in [1.165, 1.54) is 0 Å². The zero-order valence-corrected chi connectivity index (χ0v) is 18.9. The van der Waals surface area contributed by atoms with Gasteiger partial charge in [-0.05, 0) is 47.5 Å². The topological polar surface area (TPSA) is 79.3 Å². The van der Waals surface area contributed by atoms with E-state index in [-0.39, 0.29) is 18.3 Å². The fourth-order valence-corrected chi connectivity index (χ4v) is 3.78. The lowest BCUT2D eigenvalue weighted by Crippen LogP contribution is -2.50. The molecule has 0 radical (unpaired) electrons. The molecule has 0 atom stereocenters. The highest BCUT2D eigenvalue weighted by molar-refractivity contribution is 5.92. The lowest BCUT2D eigenvalue weighted by atomic mass is 10.0. The molecule has 0 saturated carbocycles. The van der Waals surface area contributed by atoms with Crippen LogP contribution < -0.4 is 4.74 Å². The van der Waals surface area contributed by atoms with Crippen LogP contribution in [0.3, 0.4) is 0 Å². The molecule has 1 aliphatic rings. The molecule has 1 saturated heterocycles. The first-order valence-corrected chi connectivity index (χ1v) is 11.3. The molecular weight excluding hydrogens is 432 g/mol. The highest BCUT2D eigenvalue weighted by Gasteiger charge is 2.22. The first kappa shape index (κ1) is 23.3. The maximum absolute atomic E-state index is 12.5. The molecule has 3 aromatic carbocycles. The van der Waals surface area contributed by atoms with Gasteiger partial charge < -0.3 is 19.5 Å². The monoisotopic (exact) mass is 460 g/mol. The van der Waals surface area contributed by atoms with E-state index in [1.807, 2.05) is 42.5 Å². The normalized spacial score (nSPS) is 13.9. The number of rotatable bonds is 8. The van der Waals surface area contributed by atoms with Crippen LogP contribution in [0.25, 0.3) is 11.1 Å². The summed E-state index contributed by atoms with van der Waals surface area (Å²) < 4.78 is 11.0. The average molecular weight is 461 g/mol. The molecule has 0 bridgehead atoms. The minimum absolute atomic E-state index is 0.186. The van der Waals surface area contributed by atoms with Crippen LogP contribution in [-0.2, 0) is 9.53 Å². The van der Waals surface area contributed by atoms with Crippen LogP contribution in [-0.4, -0.2) is 72.7 Å². The molecule has 7 heteroatoms. The first-order valence-electron chi connectivity index (χ1n) is 11.3. The van der Waals surface area contributed by atoms with E-state index >= 15 is 0 Å². The van der Waals surface area contributed by atoms with Gasteiger partial charge in [0.2, 0.25) is 0 Å². The Morgan fingerprint density at radius 2 is 1.41 bits per heavy atom. The summed E-state index contributed by atoms with van der Waals surface area (Å²) in [5, 5.41) is 9.41. The van der Waals surface area contributed by atoms with Crippen molar-refractivity contribution in [3.63, 3.8) is 0 Å². The second kappa shape index (κ2) is 11.3. The van der Waals surface area contributed by atoms with Crippen LogP contribution in [0.1, 0.15) is 10.4 Å². The lowest BCUT2D eigenvalue weighted by molar-refractivity contribution is -0.136. The number of aromatic hydroxyl groups is 1. The number of phenols is 1. The van der Waals surface area contributed by atoms with Crippen molar-refractivity contribution in [1.82, 2.24) is 9.80 Å². The van der Waals surface area contributed by atoms with Gasteiger partial charge in [0.15, 0.2) is 6.61 Å². The summed E-state index contributed by atoms with van der Waals surface area (Å²) in [4.78, 5) is 28.8. The Balaban J connectivity index is 1.17. The number of benzene rings is 3. The average Bonchev–Trinajstić information content (AvgIpc) is 2.89. The fraction of sp³-hybridized carbons (Fsp3) is 0.259. The molecule has 1 aliphatic heterocycles. The molecule has 0 unspecified atom stereocenters. The molecule has 4 rings (SSSR count). The second-order valence-electron chi connectivity index (χ2n) is 8.08. The molecule has 3 aromatic rings. The number of carbonyl (C=O) groups excluding carboxylic acids is 2. The number of hydrogen-bond acceptors (Lipinski definition) is 6. The van der Waals surface area contributed by atoms with E-state index in [2.05, 4.69) is 4.90 Å². The number of esters is 1. The molecule has 0 aromatic heterocycles. The Labute approximate surface area is 199 Å². The molecular formula is C27H28N2O5. The molecule has 1 N–H and O–H groups in total. The molecule has 1 amide bonds. The molecule has 0 spiro atoms. The third-order valence-electron chi connectivity index (χ3n) is 5.79. The predicted octanol–water partition coefficient (Wildman–Crippen LogP) is 3.44. The van der Waals surface area contributed by atoms with Crippen LogP contribution in [0.4, 0.5) is 0 Å². The van der Waals surface area contributed by atoms with Crippen molar-refractivity contribution in [3.05, 3.63) is 84.4 Å². The van der Waals surface area contributed by atoms with Gasteiger partial charge in [0.25, 0.3) is 5.91 Å². The van der Waals surface area contributed by atoms with Crippen molar-refractivity contribution >= 4 is 11.9 Å².